The van der Waals surface area contributed by atoms with Gasteiger partial charge in [-0.3, -0.25) is 4.79 Å². The fraction of sp³-hybridized carbons (Fsp3) is 0.300. The van der Waals surface area contributed by atoms with E-state index in [4.69, 9.17) is 11.6 Å². The van der Waals surface area contributed by atoms with Crippen LogP contribution in [0.1, 0.15) is 17.3 Å². The van der Waals surface area contributed by atoms with Gasteiger partial charge in [0.05, 0.1) is 9.85 Å². The Morgan fingerprint density at radius 1 is 1.47 bits per heavy atom. The molecule has 1 atom stereocenters. The molecule has 0 heterocycles. The highest BCUT2D eigenvalue weighted by Gasteiger charge is 2.33. The summed E-state index contributed by atoms with van der Waals surface area (Å²) in [5.41, 5.74) is -4.21. The molecular weight excluding hydrogens is 341 g/mol. The summed E-state index contributed by atoms with van der Waals surface area (Å²) in [5.74, 6) is -0.281. The Morgan fingerprint density at radius 3 is 2.53 bits per heavy atom. The quantitative estimate of drug-likeness (QED) is 0.567. The molecule has 94 valence electrons. The van der Waals surface area contributed by atoms with Gasteiger partial charge in [0, 0.05) is 4.90 Å². The zero-order chi connectivity index (χ0) is 13.2. The van der Waals surface area contributed by atoms with Crippen molar-refractivity contribution in [2.75, 3.05) is 0 Å². The average Bonchev–Trinajstić information content (AvgIpc) is 2.18. The SMILES string of the molecule is CC(=O)C(Br)c1cccc(Cl)c1SC(F)(F)F. The van der Waals surface area contributed by atoms with Crippen molar-refractivity contribution in [1.29, 1.82) is 0 Å². The van der Waals surface area contributed by atoms with Gasteiger partial charge in [-0.15, -0.1) is 0 Å². The van der Waals surface area contributed by atoms with Gasteiger partial charge in [-0.05, 0) is 30.3 Å². The number of thioether (sulfide) groups is 1. The molecule has 0 aliphatic rings. The first-order valence-corrected chi connectivity index (χ1v) is 6.52. The van der Waals surface area contributed by atoms with Gasteiger partial charge in [0.2, 0.25) is 0 Å². The van der Waals surface area contributed by atoms with Crippen molar-refractivity contribution < 1.29 is 18.0 Å². The van der Waals surface area contributed by atoms with E-state index in [1.807, 2.05) is 0 Å². The van der Waals surface area contributed by atoms with E-state index < -0.39 is 10.3 Å². The van der Waals surface area contributed by atoms with Crippen LogP contribution >= 0.6 is 39.3 Å². The van der Waals surface area contributed by atoms with Crippen LogP contribution in [0, 0.1) is 0 Å². The van der Waals surface area contributed by atoms with E-state index in [-0.39, 0.29) is 33.0 Å². The monoisotopic (exact) mass is 346 g/mol. The first-order valence-electron chi connectivity index (χ1n) is 4.41. The second kappa shape index (κ2) is 5.63. The summed E-state index contributed by atoms with van der Waals surface area (Å²) >= 11 is 8.47. The predicted molar refractivity (Wildman–Crippen MR) is 65.7 cm³/mol. The van der Waals surface area contributed by atoms with Crippen LogP contribution in [-0.4, -0.2) is 11.3 Å². The molecule has 0 saturated heterocycles. The number of Topliss-reactive ketones (excluding diaryl/α,β-unsaturated/α-hetero) is 1. The largest absolute Gasteiger partial charge is 0.446 e. The number of carbonyl (C=O) groups is 1. The van der Waals surface area contributed by atoms with Crippen molar-refractivity contribution in [3.63, 3.8) is 0 Å². The molecule has 1 nitrogen and oxygen atoms in total. The summed E-state index contributed by atoms with van der Waals surface area (Å²) in [6.07, 6.45) is 0. The Morgan fingerprint density at radius 2 is 2.06 bits per heavy atom. The van der Waals surface area contributed by atoms with Crippen LogP contribution in [0.3, 0.4) is 0 Å². The second-order valence-electron chi connectivity index (χ2n) is 3.18. The number of hydrogen-bond acceptors (Lipinski definition) is 2. The van der Waals surface area contributed by atoms with Crippen molar-refractivity contribution in [2.24, 2.45) is 0 Å². The van der Waals surface area contributed by atoms with E-state index in [9.17, 15) is 18.0 Å². The topological polar surface area (TPSA) is 17.1 Å². The lowest BCUT2D eigenvalue weighted by atomic mass is 10.1. The molecule has 1 rings (SSSR count). The minimum Gasteiger partial charge on any atom is -0.298 e. The highest BCUT2D eigenvalue weighted by molar-refractivity contribution is 9.09. The lowest BCUT2D eigenvalue weighted by Crippen LogP contribution is -2.06. The molecule has 1 aromatic rings. The maximum atomic E-state index is 12.4. The molecule has 0 aliphatic heterocycles. The summed E-state index contributed by atoms with van der Waals surface area (Å²) in [4.78, 5) is 10.3. The van der Waals surface area contributed by atoms with Crippen molar-refractivity contribution in [3.05, 3.63) is 28.8 Å². The molecular formula is C10H7BrClF3OS. The fourth-order valence-electron chi connectivity index (χ4n) is 1.17. The zero-order valence-electron chi connectivity index (χ0n) is 8.52. The van der Waals surface area contributed by atoms with Gasteiger partial charge in [0.15, 0.2) is 0 Å². The lowest BCUT2D eigenvalue weighted by Gasteiger charge is -2.15. The van der Waals surface area contributed by atoms with E-state index >= 15 is 0 Å². The van der Waals surface area contributed by atoms with Crippen molar-refractivity contribution >= 4 is 45.1 Å². The highest BCUT2D eigenvalue weighted by Crippen LogP contribution is 2.45. The maximum Gasteiger partial charge on any atom is 0.446 e. The Bertz CT molecular complexity index is 436. The average molecular weight is 348 g/mol. The summed E-state index contributed by atoms with van der Waals surface area (Å²) in [6, 6.07) is 4.31. The van der Waals surface area contributed by atoms with Crippen LogP contribution in [0.25, 0.3) is 0 Å². The number of carbonyl (C=O) groups excluding carboxylic acids is 1. The number of alkyl halides is 4. The molecule has 0 bridgehead atoms. The Kier molecular flexibility index (Phi) is 4.92. The van der Waals surface area contributed by atoms with Gasteiger partial charge in [0.1, 0.15) is 5.78 Å². The summed E-state index contributed by atoms with van der Waals surface area (Å²) in [7, 11) is 0. The number of rotatable bonds is 3. The van der Waals surface area contributed by atoms with E-state index in [1.165, 1.54) is 25.1 Å². The molecule has 0 fully saturated rings. The third-order valence-corrected chi connectivity index (χ3v) is 4.30. The normalized spacial score (nSPS) is 13.5. The minimum absolute atomic E-state index is 0.0180. The van der Waals surface area contributed by atoms with Gasteiger partial charge in [0.25, 0.3) is 0 Å². The summed E-state index contributed by atoms with van der Waals surface area (Å²) in [5, 5.41) is -0.0180. The molecule has 0 saturated carbocycles. The van der Waals surface area contributed by atoms with Gasteiger partial charge >= 0.3 is 5.51 Å². The van der Waals surface area contributed by atoms with E-state index in [1.54, 1.807) is 0 Å². The van der Waals surface area contributed by atoms with Crippen LogP contribution in [0.4, 0.5) is 13.2 Å². The van der Waals surface area contributed by atoms with Crippen LogP contribution in [0.5, 0.6) is 0 Å². The van der Waals surface area contributed by atoms with Crippen LogP contribution in [-0.2, 0) is 4.79 Å². The van der Waals surface area contributed by atoms with E-state index in [0.29, 0.717) is 0 Å². The Hall–Kier alpha value is -0.200. The Labute approximate surface area is 114 Å². The fourth-order valence-corrected chi connectivity index (χ4v) is 2.70. The highest BCUT2D eigenvalue weighted by atomic mass is 79.9. The van der Waals surface area contributed by atoms with Crippen LogP contribution in [0.2, 0.25) is 5.02 Å². The maximum absolute atomic E-state index is 12.4. The molecule has 0 N–H and O–H groups in total. The first-order chi connectivity index (χ1) is 7.72. The number of benzene rings is 1. The van der Waals surface area contributed by atoms with Crippen LogP contribution in [0.15, 0.2) is 23.1 Å². The molecule has 1 unspecified atom stereocenters. The minimum atomic E-state index is -4.44. The number of hydrogen-bond donors (Lipinski definition) is 0. The molecule has 1 aromatic carbocycles. The standard InChI is InChI=1S/C10H7BrClF3OS/c1-5(16)8(11)6-3-2-4-7(12)9(6)17-10(13,14)15/h2-4,8H,1H3. The van der Waals surface area contributed by atoms with Crippen molar-refractivity contribution in [1.82, 2.24) is 0 Å². The Balaban J connectivity index is 3.22. The molecule has 0 radical (unpaired) electrons. The molecule has 17 heavy (non-hydrogen) atoms. The lowest BCUT2D eigenvalue weighted by molar-refractivity contribution is -0.116. The smallest absolute Gasteiger partial charge is 0.298 e. The van der Waals surface area contributed by atoms with Gasteiger partial charge in [-0.1, -0.05) is 39.7 Å². The molecule has 7 heteroatoms. The van der Waals surface area contributed by atoms with Crippen molar-refractivity contribution in [2.45, 2.75) is 22.2 Å². The van der Waals surface area contributed by atoms with Crippen molar-refractivity contribution in [3.8, 4) is 0 Å². The third kappa shape index (κ3) is 4.19. The zero-order valence-corrected chi connectivity index (χ0v) is 11.7. The first kappa shape index (κ1) is 14.9. The van der Waals surface area contributed by atoms with E-state index in [0.717, 1.165) is 0 Å². The van der Waals surface area contributed by atoms with Crippen LogP contribution < -0.4 is 0 Å². The van der Waals surface area contributed by atoms with Gasteiger partial charge in [-0.2, -0.15) is 13.2 Å². The van der Waals surface area contributed by atoms with Gasteiger partial charge in [-0.25, -0.2) is 0 Å². The number of halogens is 5. The molecule has 0 aromatic heterocycles. The van der Waals surface area contributed by atoms with E-state index in [2.05, 4.69) is 15.9 Å². The predicted octanol–water partition coefficient (Wildman–Crippen LogP) is 4.98. The summed E-state index contributed by atoms with van der Waals surface area (Å²) < 4.78 is 37.1. The van der Waals surface area contributed by atoms with Gasteiger partial charge < -0.3 is 0 Å². The second-order valence-corrected chi connectivity index (χ2v) is 5.58. The molecule has 0 aliphatic carbocycles. The number of ketones is 1. The molecule has 0 spiro atoms. The molecule has 0 amide bonds. The third-order valence-electron chi connectivity index (χ3n) is 1.85. The summed E-state index contributed by atoms with van der Waals surface area (Å²) in [6.45, 7) is 1.29.